The fraction of sp³-hybridized carbons (Fsp3) is 0.722. The largest absolute Gasteiger partial charge is 0.381 e. The molecule has 1 amide bonds. The van der Waals surface area contributed by atoms with Crippen LogP contribution in [0.4, 0.5) is 5.95 Å². The van der Waals surface area contributed by atoms with Gasteiger partial charge in [0.1, 0.15) is 0 Å². The molecule has 2 aliphatic rings. The summed E-state index contributed by atoms with van der Waals surface area (Å²) >= 11 is 0. The third-order valence-electron chi connectivity index (χ3n) is 5.19. The highest BCUT2D eigenvalue weighted by molar-refractivity contribution is 5.93. The molecule has 1 heterocycles. The van der Waals surface area contributed by atoms with Crippen LogP contribution in [0.25, 0.3) is 0 Å². The molecule has 0 aromatic carbocycles. The van der Waals surface area contributed by atoms with Crippen molar-refractivity contribution >= 4 is 11.9 Å². The molecule has 134 valence electrons. The molecule has 0 unspecified atom stereocenters. The third-order valence-corrected chi connectivity index (χ3v) is 5.19. The van der Waals surface area contributed by atoms with E-state index in [0.29, 0.717) is 17.4 Å². The zero-order chi connectivity index (χ0) is 17.6. The molecule has 2 saturated carbocycles. The molecule has 24 heavy (non-hydrogen) atoms. The quantitative estimate of drug-likeness (QED) is 0.881. The first-order valence-corrected chi connectivity index (χ1v) is 8.87. The summed E-state index contributed by atoms with van der Waals surface area (Å²) in [5.74, 6) is -0.291. The Kier molecular flexibility index (Phi) is 6.54. The van der Waals surface area contributed by atoms with Crippen molar-refractivity contribution < 1.29 is 9.53 Å². The number of nitrogens with zero attached hydrogens (tertiary/aromatic N) is 2. The van der Waals surface area contributed by atoms with Crippen LogP contribution < -0.4 is 11.5 Å². The molecule has 0 bridgehead atoms. The Morgan fingerprint density at radius 1 is 1.29 bits per heavy atom. The van der Waals surface area contributed by atoms with Gasteiger partial charge >= 0.3 is 0 Å². The van der Waals surface area contributed by atoms with E-state index in [0.717, 1.165) is 19.3 Å². The van der Waals surface area contributed by atoms with E-state index in [4.69, 9.17) is 16.2 Å². The Morgan fingerprint density at radius 2 is 1.96 bits per heavy atom. The summed E-state index contributed by atoms with van der Waals surface area (Å²) in [4.78, 5) is 19.2. The number of carbonyl (C=O) groups excluding carboxylic acids is 1. The van der Waals surface area contributed by atoms with Crippen LogP contribution in [0.3, 0.4) is 0 Å². The van der Waals surface area contributed by atoms with Crippen molar-refractivity contribution in [1.82, 2.24) is 9.97 Å². The van der Waals surface area contributed by atoms with E-state index < -0.39 is 5.91 Å². The van der Waals surface area contributed by atoms with Crippen molar-refractivity contribution in [3.8, 4) is 0 Å². The van der Waals surface area contributed by atoms with Crippen LogP contribution in [0.1, 0.15) is 74.3 Å². The van der Waals surface area contributed by atoms with Gasteiger partial charge in [-0.3, -0.25) is 4.79 Å². The molecule has 2 fully saturated rings. The maximum atomic E-state index is 11.2. The number of hydrogen-bond donors (Lipinski definition) is 2. The number of hydrogen-bond acceptors (Lipinski definition) is 5. The van der Waals surface area contributed by atoms with Gasteiger partial charge in [-0.25, -0.2) is 9.97 Å². The highest BCUT2D eigenvalue weighted by Crippen LogP contribution is 2.43. The number of methoxy groups -OCH3 is 1. The summed E-state index contributed by atoms with van der Waals surface area (Å²) in [5, 5.41) is 0. The molecule has 1 aromatic heterocycles. The minimum absolute atomic E-state index is 0.197. The van der Waals surface area contributed by atoms with Gasteiger partial charge in [-0.15, -0.1) is 0 Å². The molecule has 0 radical (unpaired) electrons. The molecule has 1 aromatic rings. The van der Waals surface area contributed by atoms with Crippen molar-refractivity contribution in [3.63, 3.8) is 0 Å². The highest BCUT2D eigenvalue weighted by atomic mass is 16.5. The lowest BCUT2D eigenvalue weighted by molar-refractivity contribution is 0.0710. The number of anilines is 1. The number of aromatic nitrogens is 2. The normalized spacial score (nSPS) is 19.8. The second-order valence-electron chi connectivity index (χ2n) is 7.29. The fourth-order valence-corrected chi connectivity index (χ4v) is 3.44. The van der Waals surface area contributed by atoms with Gasteiger partial charge in [0.2, 0.25) is 5.95 Å². The predicted octanol–water partition coefficient (Wildman–Crippen LogP) is 2.86. The van der Waals surface area contributed by atoms with Crippen molar-refractivity contribution in [2.24, 2.45) is 11.1 Å². The number of carbonyl (C=O) groups is 1. The van der Waals surface area contributed by atoms with Gasteiger partial charge < -0.3 is 16.2 Å². The van der Waals surface area contributed by atoms with Crippen molar-refractivity contribution in [1.29, 1.82) is 0 Å². The first-order chi connectivity index (χ1) is 11.4. The lowest BCUT2D eigenvalue weighted by atomic mass is 9.67. The topological polar surface area (TPSA) is 104 Å². The van der Waals surface area contributed by atoms with Crippen LogP contribution >= 0.6 is 0 Å². The minimum Gasteiger partial charge on any atom is -0.381 e. The highest BCUT2D eigenvalue weighted by Gasteiger charge is 2.33. The van der Waals surface area contributed by atoms with Gasteiger partial charge in [-0.2, -0.15) is 0 Å². The second-order valence-corrected chi connectivity index (χ2v) is 7.29. The van der Waals surface area contributed by atoms with Crippen molar-refractivity contribution in [2.75, 3.05) is 12.8 Å². The molecule has 0 atom stereocenters. The fourth-order valence-electron chi connectivity index (χ4n) is 3.44. The van der Waals surface area contributed by atoms with Gasteiger partial charge in [-0.1, -0.05) is 32.6 Å². The average molecular weight is 334 g/mol. The summed E-state index contributed by atoms with van der Waals surface area (Å²) in [7, 11) is 1.82. The smallest absolute Gasteiger partial charge is 0.252 e. The zero-order valence-electron chi connectivity index (χ0n) is 14.9. The number of amides is 1. The Balaban J connectivity index is 0.000000219. The summed E-state index contributed by atoms with van der Waals surface area (Å²) < 4.78 is 5.19. The Morgan fingerprint density at radius 3 is 2.42 bits per heavy atom. The van der Waals surface area contributed by atoms with E-state index in [1.165, 1.54) is 44.7 Å². The Hall–Kier alpha value is -1.69. The molecule has 6 heteroatoms. The van der Waals surface area contributed by atoms with Gasteiger partial charge in [0.05, 0.1) is 17.4 Å². The zero-order valence-corrected chi connectivity index (χ0v) is 14.9. The van der Waals surface area contributed by atoms with Crippen LogP contribution in [-0.4, -0.2) is 29.1 Å². The Labute approximate surface area is 144 Å². The standard InChI is InChI=1S/C11H16N4O.C7H14O/c1-11(3-2-4-11)5-8-7(9(12)16)6-14-10(13)15-8;1-8-7-5-3-2-4-6-7/h6H,2-5H2,1H3,(H2,12,16)(H2,13,14,15);7H,2-6H2,1H3. The number of ether oxygens (including phenoxy) is 1. The molecule has 0 saturated heterocycles. The SMILES string of the molecule is CC1(Cc2nc(N)ncc2C(N)=O)CCC1.COC1CCCCC1. The lowest BCUT2D eigenvalue weighted by Gasteiger charge is -2.38. The number of nitrogen functional groups attached to an aromatic ring is 1. The van der Waals surface area contributed by atoms with Crippen LogP contribution in [0.15, 0.2) is 6.20 Å². The van der Waals surface area contributed by atoms with Gasteiger partial charge in [0.25, 0.3) is 5.91 Å². The van der Waals surface area contributed by atoms with E-state index in [-0.39, 0.29) is 11.4 Å². The van der Waals surface area contributed by atoms with Crippen molar-refractivity contribution in [3.05, 3.63) is 17.5 Å². The average Bonchev–Trinajstić information content (AvgIpc) is 2.54. The van der Waals surface area contributed by atoms with Gasteiger partial charge in [0, 0.05) is 13.3 Å². The van der Waals surface area contributed by atoms with E-state index in [9.17, 15) is 4.79 Å². The Bertz CT molecular complexity index is 552. The summed E-state index contributed by atoms with van der Waals surface area (Å²) in [6, 6.07) is 0. The number of primary amides is 1. The summed E-state index contributed by atoms with van der Waals surface area (Å²) in [5.41, 5.74) is 12.1. The van der Waals surface area contributed by atoms with Crippen LogP contribution in [0.5, 0.6) is 0 Å². The van der Waals surface area contributed by atoms with Gasteiger partial charge in [0.15, 0.2) is 0 Å². The monoisotopic (exact) mass is 334 g/mol. The molecule has 3 rings (SSSR count). The number of rotatable bonds is 4. The molecule has 0 aliphatic heterocycles. The lowest BCUT2D eigenvalue weighted by Crippen LogP contribution is -2.30. The first-order valence-electron chi connectivity index (χ1n) is 8.87. The maximum Gasteiger partial charge on any atom is 0.252 e. The molecule has 4 N–H and O–H groups in total. The molecule has 6 nitrogen and oxygen atoms in total. The van der Waals surface area contributed by atoms with E-state index in [2.05, 4.69) is 16.9 Å². The van der Waals surface area contributed by atoms with E-state index in [1.807, 2.05) is 7.11 Å². The van der Waals surface area contributed by atoms with E-state index in [1.54, 1.807) is 0 Å². The third kappa shape index (κ3) is 5.16. The van der Waals surface area contributed by atoms with Crippen molar-refractivity contribution in [2.45, 2.75) is 70.8 Å². The van der Waals surface area contributed by atoms with E-state index >= 15 is 0 Å². The second kappa shape index (κ2) is 8.42. The summed E-state index contributed by atoms with van der Waals surface area (Å²) in [6.45, 7) is 2.19. The molecular formula is C18H30N4O2. The number of nitrogens with two attached hydrogens (primary N) is 2. The molecule has 0 spiro atoms. The van der Waals surface area contributed by atoms with Crippen LogP contribution in [-0.2, 0) is 11.2 Å². The maximum absolute atomic E-state index is 11.2. The van der Waals surface area contributed by atoms with Gasteiger partial charge in [-0.05, 0) is 37.5 Å². The van der Waals surface area contributed by atoms with Crippen LogP contribution in [0.2, 0.25) is 0 Å². The summed E-state index contributed by atoms with van der Waals surface area (Å²) in [6.07, 6.45) is 13.1. The van der Waals surface area contributed by atoms with Crippen LogP contribution in [0, 0.1) is 5.41 Å². The predicted molar refractivity (Wildman–Crippen MR) is 94.5 cm³/mol. The minimum atomic E-state index is -0.488. The first kappa shape index (κ1) is 18.6. The molecule has 2 aliphatic carbocycles. The molecular weight excluding hydrogens is 304 g/mol.